The van der Waals surface area contributed by atoms with Crippen molar-refractivity contribution in [3.8, 4) is 12.3 Å². The molecule has 80 valence electrons. The molecule has 3 N–H and O–H groups in total. The van der Waals surface area contributed by atoms with E-state index in [1.54, 1.807) is 0 Å². The Labute approximate surface area is 85.9 Å². The number of rotatable bonds is 5. The molecule has 7 heteroatoms. The van der Waals surface area contributed by atoms with Gasteiger partial charge in [0.15, 0.2) is 0 Å². The SMILES string of the molecule is C#Cc1nc(C(N)=O)nn1COCCO. The number of aromatic nitrogens is 3. The smallest absolute Gasteiger partial charge is 0.288 e. The highest BCUT2D eigenvalue weighted by molar-refractivity contribution is 5.88. The molecule has 0 aliphatic carbocycles. The lowest BCUT2D eigenvalue weighted by Gasteiger charge is -2.01. The van der Waals surface area contributed by atoms with E-state index in [2.05, 4.69) is 16.0 Å². The second kappa shape index (κ2) is 5.09. The van der Waals surface area contributed by atoms with Crippen molar-refractivity contribution >= 4 is 5.91 Å². The Bertz CT molecular complexity index is 393. The predicted molar refractivity (Wildman–Crippen MR) is 49.5 cm³/mol. The van der Waals surface area contributed by atoms with E-state index in [1.807, 2.05) is 0 Å². The van der Waals surface area contributed by atoms with Crippen LogP contribution in [0.1, 0.15) is 16.4 Å². The molecule has 0 saturated carbocycles. The molecule has 0 atom stereocenters. The van der Waals surface area contributed by atoms with E-state index in [0.717, 1.165) is 0 Å². The van der Waals surface area contributed by atoms with Crippen LogP contribution in [-0.2, 0) is 11.5 Å². The predicted octanol–water partition coefficient (Wildman–Crippen LogP) is -1.68. The number of carbonyl (C=O) groups is 1. The van der Waals surface area contributed by atoms with Gasteiger partial charge in [-0.15, -0.1) is 11.5 Å². The first kappa shape index (κ1) is 11.2. The van der Waals surface area contributed by atoms with Crippen LogP contribution < -0.4 is 5.73 Å². The van der Waals surface area contributed by atoms with Crippen molar-refractivity contribution in [1.29, 1.82) is 0 Å². The van der Waals surface area contributed by atoms with Crippen molar-refractivity contribution in [2.24, 2.45) is 5.73 Å². The van der Waals surface area contributed by atoms with E-state index in [4.69, 9.17) is 22.0 Å². The van der Waals surface area contributed by atoms with Crippen LogP contribution in [0.3, 0.4) is 0 Å². The van der Waals surface area contributed by atoms with Gasteiger partial charge in [-0.25, -0.2) is 4.68 Å². The molecule has 1 rings (SSSR count). The minimum Gasteiger partial charge on any atom is -0.394 e. The first-order valence-corrected chi connectivity index (χ1v) is 4.09. The number of aliphatic hydroxyl groups is 1. The fourth-order valence-corrected chi connectivity index (χ4v) is 0.859. The number of ether oxygens (including phenoxy) is 1. The molecule has 1 heterocycles. The minimum absolute atomic E-state index is 0.0143. The van der Waals surface area contributed by atoms with Crippen LogP contribution in [0.15, 0.2) is 0 Å². The summed E-state index contributed by atoms with van der Waals surface area (Å²) in [5.74, 6) is 1.48. The van der Waals surface area contributed by atoms with Crippen molar-refractivity contribution in [3.63, 3.8) is 0 Å². The highest BCUT2D eigenvalue weighted by atomic mass is 16.5. The Morgan fingerprint density at radius 3 is 3.00 bits per heavy atom. The summed E-state index contributed by atoms with van der Waals surface area (Å²) in [6.45, 7) is 0.0545. The van der Waals surface area contributed by atoms with Gasteiger partial charge in [-0.2, -0.15) is 4.98 Å². The van der Waals surface area contributed by atoms with Gasteiger partial charge < -0.3 is 15.6 Å². The van der Waals surface area contributed by atoms with Gasteiger partial charge in [-0.05, 0) is 5.92 Å². The fraction of sp³-hybridized carbons (Fsp3) is 0.375. The molecule has 1 amide bonds. The summed E-state index contributed by atoms with van der Waals surface area (Å²) < 4.78 is 6.19. The molecule has 0 aliphatic heterocycles. The lowest BCUT2D eigenvalue weighted by Crippen LogP contribution is -2.14. The zero-order valence-electron chi connectivity index (χ0n) is 7.88. The molecule has 0 spiro atoms. The molecule has 15 heavy (non-hydrogen) atoms. The van der Waals surface area contributed by atoms with Gasteiger partial charge in [0, 0.05) is 0 Å². The Kier molecular flexibility index (Phi) is 3.79. The molecule has 0 aromatic carbocycles. The molecule has 0 saturated heterocycles. The molecule has 0 unspecified atom stereocenters. The van der Waals surface area contributed by atoms with Crippen molar-refractivity contribution in [3.05, 3.63) is 11.6 Å². The maximum Gasteiger partial charge on any atom is 0.288 e. The summed E-state index contributed by atoms with van der Waals surface area (Å²) in [7, 11) is 0. The van der Waals surface area contributed by atoms with Gasteiger partial charge in [-0.1, -0.05) is 0 Å². The Morgan fingerprint density at radius 2 is 2.47 bits per heavy atom. The van der Waals surface area contributed by atoms with Crippen LogP contribution in [0.25, 0.3) is 0 Å². The van der Waals surface area contributed by atoms with E-state index in [1.165, 1.54) is 4.68 Å². The first-order valence-electron chi connectivity index (χ1n) is 4.09. The van der Waals surface area contributed by atoms with Crippen LogP contribution in [0.4, 0.5) is 0 Å². The summed E-state index contributed by atoms with van der Waals surface area (Å²) in [5, 5.41) is 12.2. The molecule has 0 fully saturated rings. The average molecular weight is 210 g/mol. The quantitative estimate of drug-likeness (QED) is 0.446. The lowest BCUT2D eigenvalue weighted by molar-refractivity contribution is 0.0411. The second-order valence-corrected chi connectivity index (χ2v) is 2.53. The van der Waals surface area contributed by atoms with Crippen LogP contribution in [-0.4, -0.2) is 39.0 Å². The van der Waals surface area contributed by atoms with Crippen LogP contribution in [0, 0.1) is 12.3 Å². The van der Waals surface area contributed by atoms with Gasteiger partial charge in [0.05, 0.1) is 13.2 Å². The van der Waals surface area contributed by atoms with Gasteiger partial charge in [0.25, 0.3) is 5.91 Å². The largest absolute Gasteiger partial charge is 0.394 e. The van der Waals surface area contributed by atoms with Gasteiger partial charge in [-0.3, -0.25) is 4.79 Å². The summed E-state index contributed by atoms with van der Waals surface area (Å²) in [6, 6.07) is 0. The van der Waals surface area contributed by atoms with Gasteiger partial charge in [0.1, 0.15) is 6.73 Å². The maximum atomic E-state index is 10.7. The normalized spacial score (nSPS) is 9.87. The Morgan fingerprint density at radius 1 is 1.73 bits per heavy atom. The number of terminal acetylenes is 1. The number of nitrogens with two attached hydrogens (primary N) is 1. The summed E-state index contributed by atoms with van der Waals surface area (Å²) in [4.78, 5) is 14.5. The van der Waals surface area contributed by atoms with E-state index in [0.29, 0.717) is 0 Å². The third-order valence-electron chi connectivity index (χ3n) is 1.47. The fourth-order valence-electron chi connectivity index (χ4n) is 0.859. The molecule has 0 radical (unpaired) electrons. The topological polar surface area (TPSA) is 103 Å². The van der Waals surface area contributed by atoms with Crippen molar-refractivity contribution < 1.29 is 14.6 Å². The molecule has 0 aliphatic rings. The summed E-state index contributed by atoms with van der Waals surface area (Å²) in [5.41, 5.74) is 4.98. The number of amides is 1. The number of aliphatic hydroxyl groups excluding tert-OH is 1. The summed E-state index contributed by atoms with van der Waals surface area (Å²) >= 11 is 0. The Balaban J connectivity index is 2.78. The Hall–Kier alpha value is -1.91. The highest BCUT2D eigenvalue weighted by Crippen LogP contribution is 1.97. The molecular weight excluding hydrogens is 200 g/mol. The number of nitrogens with zero attached hydrogens (tertiary/aromatic N) is 3. The monoisotopic (exact) mass is 210 g/mol. The zero-order chi connectivity index (χ0) is 11.3. The van der Waals surface area contributed by atoms with E-state index >= 15 is 0 Å². The lowest BCUT2D eigenvalue weighted by atomic mass is 10.6. The molecular formula is C8H10N4O3. The standard InChI is InChI=1S/C8H10N4O3/c1-2-6-10-8(7(9)14)11-12(6)5-15-4-3-13/h1,13H,3-5H2,(H2,9,14). The molecule has 7 nitrogen and oxygen atoms in total. The van der Waals surface area contributed by atoms with Crippen molar-refractivity contribution in [2.75, 3.05) is 13.2 Å². The number of primary amides is 1. The van der Waals surface area contributed by atoms with Crippen molar-refractivity contribution in [2.45, 2.75) is 6.73 Å². The van der Waals surface area contributed by atoms with Crippen LogP contribution in [0.5, 0.6) is 0 Å². The zero-order valence-corrected chi connectivity index (χ0v) is 7.88. The summed E-state index contributed by atoms with van der Waals surface area (Å²) in [6.07, 6.45) is 5.14. The highest BCUT2D eigenvalue weighted by Gasteiger charge is 2.11. The second-order valence-electron chi connectivity index (χ2n) is 2.53. The third-order valence-corrected chi connectivity index (χ3v) is 1.47. The van der Waals surface area contributed by atoms with E-state index in [-0.39, 0.29) is 31.6 Å². The minimum atomic E-state index is -0.757. The van der Waals surface area contributed by atoms with Crippen LogP contribution >= 0.6 is 0 Å². The van der Waals surface area contributed by atoms with E-state index < -0.39 is 5.91 Å². The number of hydrogen-bond acceptors (Lipinski definition) is 5. The van der Waals surface area contributed by atoms with Crippen molar-refractivity contribution in [1.82, 2.24) is 14.8 Å². The number of carbonyl (C=O) groups excluding carboxylic acids is 1. The van der Waals surface area contributed by atoms with E-state index in [9.17, 15) is 4.79 Å². The molecule has 1 aromatic heterocycles. The first-order chi connectivity index (χ1) is 7.19. The average Bonchev–Trinajstić information content (AvgIpc) is 2.62. The third kappa shape index (κ3) is 2.77. The van der Waals surface area contributed by atoms with Crippen LogP contribution in [0.2, 0.25) is 0 Å². The number of hydrogen-bond donors (Lipinski definition) is 2. The maximum absolute atomic E-state index is 10.7. The van der Waals surface area contributed by atoms with Gasteiger partial charge in [0.2, 0.25) is 11.6 Å². The molecule has 1 aromatic rings. The van der Waals surface area contributed by atoms with Gasteiger partial charge >= 0.3 is 0 Å². The molecule has 0 bridgehead atoms.